The molecular formula is C64H106O6. The smallest absolute Gasteiger partial charge is 0.306 e. The van der Waals surface area contributed by atoms with Gasteiger partial charge in [0.05, 0.1) is 0 Å². The van der Waals surface area contributed by atoms with Crippen LogP contribution < -0.4 is 0 Å². The maximum absolute atomic E-state index is 12.9. The summed E-state index contributed by atoms with van der Waals surface area (Å²) in [7, 11) is 0. The lowest BCUT2D eigenvalue weighted by Crippen LogP contribution is -2.30. The fourth-order valence-electron chi connectivity index (χ4n) is 7.70. The summed E-state index contributed by atoms with van der Waals surface area (Å²) in [6.07, 6.45) is 77.9. The monoisotopic (exact) mass is 971 g/mol. The molecule has 0 saturated carbocycles. The average Bonchev–Trinajstić information content (AvgIpc) is 3.36. The molecule has 0 saturated heterocycles. The Bertz CT molecular complexity index is 1440. The summed E-state index contributed by atoms with van der Waals surface area (Å²) in [6.45, 7) is 6.35. The third kappa shape index (κ3) is 55.0. The van der Waals surface area contributed by atoms with Crippen molar-refractivity contribution in [2.75, 3.05) is 13.2 Å². The van der Waals surface area contributed by atoms with Crippen molar-refractivity contribution in [2.45, 2.75) is 264 Å². The zero-order valence-corrected chi connectivity index (χ0v) is 45.5. The van der Waals surface area contributed by atoms with Crippen molar-refractivity contribution < 1.29 is 28.6 Å². The number of allylic oxidation sites excluding steroid dienone is 18. The standard InChI is InChI=1S/C64H106O6/c1-4-7-10-13-16-19-22-25-28-30-31-32-33-35-36-39-42-45-48-51-54-57-63(66)69-60-61(59-68-62(65)56-53-50-47-44-41-38-27-24-21-18-15-12-9-6-3)70-64(67)58-55-52-49-46-43-40-37-34-29-26-23-20-17-14-11-8-5-2/h7-8,10-11,15-20,24-29,31-32,61H,4-6,9,12-14,21-23,30,33-60H2,1-3H3/b10-7-,11-8-,18-15-,19-16-,20-17-,27-24-,28-25-,29-26-,32-31-. The summed E-state index contributed by atoms with van der Waals surface area (Å²) in [5.41, 5.74) is 0. The lowest BCUT2D eigenvalue weighted by atomic mass is 10.1. The van der Waals surface area contributed by atoms with Gasteiger partial charge in [-0.3, -0.25) is 14.4 Å². The molecule has 0 bridgehead atoms. The van der Waals surface area contributed by atoms with Crippen molar-refractivity contribution in [1.82, 2.24) is 0 Å². The van der Waals surface area contributed by atoms with Crippen molar-refractivity contribution in [3.8, 4) is 0 Å². The maximum atomic E-state index is 12.9. The van der Waals surface area contributed by atoms with Crippen LogP contribution in [0.4, 0.5) is 0 Å². The lowest BCUT2D eigenvalue weighted by Gasteiger charge is -2.18. The van der Waals surface area contributed by atoms with Gasteiger partial charge in [-0.1, -0.05) is 233 Å². The van der Waals surface area contributed by atoms with Crippen LogP contribution in [0, 0.1) is 0 Å². The molecular weight excluding hydrogens is 865 g/mol. The molecule has 1 atom stereocenters. The van der Waals surface area contributed by atoms with Crippen LogP contribution in [0.5, 0.6) is 0 Å². The molecule has 0 spiro atoms. The van der Waals surface area contributed by atoms with Gasteiger partial charge in [0, 0.05) is 19.3 Å². The molecule has 0 aliphatic rings. The molecule has 398 valence electrons. The Kier molecular flexibility index (Phi) is 54.4. The zero-order valence-electron chi connectivity index (χ0n) is 45.5. The first-order chi connectivity index (χ1) is 34.5. The van der Waals surface area contributed by atoms with E-state index in [0.29, 0.717) is 19.3 Å². The van der Waals surface area contributed by atoms with Crippen molar-refractivity contribution >= 4 is 17.9 Å². The van der Waals surface area contributed by atoms with Crippen LogP contribution in [0.2, 0.25) is 0 Å². The van der Waals surface area contributed by atoms with Gasteiger partial charge in [0.15, 0.2) is 6.10 Å². The van der Waals surface area contributed by atoms with Gasteiger partial charge in [0.25, 0.3) is 0 Å². The molecule has 70 heavy (non-hydrogen) atoms. The Hall–Kier alpha value is -3.93. The molecule has 0 aliphatic carbocycles. The highest BCUT2D eigenvalue weighted by Gasteiger charge is 2.19. The predicted octanol–water partition coefficient (Wildman–Crippen LogP) is 19.5. The van der Waals surface area contributed by atoms with Gasteiger partial charge in [0.1, 0.15) is 13.2 Å². The quantitative estimate of drug-likeness (QED) is 0.0262. The highest BCUT2D eigenvalue weighted by Crippen LogP contribution is 2.15. The van der Waals surface area contributed by atoms with E-state index in [4.69, 9.17) is 14.2 Å². The highest BCUT2D eigenvalue weighted by atomic mass is 16.6. The van der Waals surface area contributed by atoms with E-state index < -0.39 is 6.10 Å². The summed E-state index contributed by atoms with van der Waals surface area (Å²) >= 11 is 0. The molecule has 0 aromatic rings. The van der Waals surface area contributed by atoms with Gasteiger partial charge in [-0.15, -0.1) is 0 Å². The molecule has 0 aromatic heterocycles. The average molecular weight is 972 g/mol. The molecule has 6 heteroatoms. The molecule has 1 unspecified atom stereocenters. The predicted molar refractivity (Wildman–Crippen MR) is 302 cm³/mol. The molecule has 0 aromatic carbocycles. The fraction of sp³-hybridized carbons (Fsp3) is 0.672. The molecule has 0 radical (unpaired) electrons. The number of ether oxygens (including phenoxy) is 3. The van der Waals surface area contributed by atoms with Crippen molar-refractivity contribution in [3.63, 3.8) is 0 Å². The number of hydrogen-bond acceptors (Lipinski definition) is 6. The van der Waals surface area contributed by atoms with Gasteiger partial charge in [0.2, 0.25) is 0 Å². The number of rotatable bonds is 51. The lowest BCUT2D eigenvalue weighted by molar-refractivity contribution is -0.167. The molecule has 0 fully saturated rings. The first kappa shape index (κ1) is 66.1. The summed E-state index contributed by atoms with van der Waals surface area (Å²) in [5, 5.41) is 0. The van der Waals surface area contributed by atoms with Crippen molar-refractivity contribution in [3.05, 3.63) is 109 Å². The Balaban J connectivity index is 4.42. The van der Waals surface area contributed by atoms with Crippen molar-refractivity contribution in [2.24, 2.45) is 0 Å². The second-order valence-corrected chi connectivity index (χ2v) is 18.8. The third-order valence-electron chi connectivity index (χ3n) is 12.0. The summed E-state index contributed by atoms with van der Waals surface area (Å²) in [6, 6.07) is 0. The summed E-state index contributed by atoms with van der Waals surface area (Å²) in [4.78, 5) is 38.2. The van der Waals surface area contributed by atoms with Crippen LogP contribution in [0.3, 0.4) is 0 Å². The Morgan fingerprint density at radius 3 is 0.871 bits per heavy atom. The van der Waals surface area contributed by atoms with E-state index in [1.54, 1.807) is 0 Å². The van der Waals surface area contributed by atoms with Crippen molar-refractivity contribution in [1.29, 1.82) is 0 Å². The van der Waals surface area contributed by atoms with Gasteiger partial charge in [-0.05, 0) is 116 Å². The van der Waals surface area contributed by atoms with Gasteiger partial charge >= 0.3 is 17.9 Å². The van der Waals surface area contributed by atoms with Crippen LogP contribution in [-0.4, -0.2) is 37.2 Å². The molecule has 0 rings (SSSR count). The van der Waals surface area contributed by atoms with E-state index in [0.717, 1.165) is 141 Å². The number of carbonyl (C=O) groups excluding carboxylic acids is 3. The first-order valence-corrected chi connectivity index (χ1v) is 28.9. The largest absolute Gasteiger partial charge is 0.462 e. The first-order valence-electron chi connectivity index (χ1n) is 28.9. The van der Waals surface area contributed by atoms with Crippen LogP contribution in [0.25, 0.3) is 0 Å². The molecule has 6 nitrogen and oxygen atoms in total. The minimum absolute atomic E-state index is 0.0924. The van der Waals surface area contributed by atoms with E-state index in [1.165, 1.54) is 77.0 Å². The minimum Gasteiger partial charge on any atom is -0.462 e. The number of unbranched alkanes of at least 4 members (excludes halogenated alkanes) is 22. The van der Waals surface area contributed by atoms with E-state index in [-0.39, 0.29) is 31.1 Å². The Labute approximate surface area is 431 Å². The van der Waals surface area contributed by atoms with E-state index in [1.807, 2.05) is 0 Å². The Morgan fingerprint density at radius 1 is 0.300 bits per heavy atom. The fourth-order valence-corrected chi connectivity index (χ4v) is 7.70. The van der Waals surface area contributed by atoms with Gasteiger partial charge < -0.3 is 14.2 Å². The summed E-state index contributed by atoms with van der Waals surface area (Å²) in [5.74, 6) is -0.922. The Morgan fingerprint density at radius 2 is 0.557 bits per heavy atom. The van der Waals surface area contributed by atoms with E-state index >= 15 is 0 Å². The van der Waals surface area contributed by atoms with Crippen LogP contribution in [0.15, 0.2) is 109 Å². The van der Waals surface area contributed by atoms with Crippen LogP contribution in [0.1, 0.15) is 258 Å². The van der Waals surface area contributed by atoms with Gasteiger partial charge in [-0.2, -0.15) is 0 Å². The number of carbonyl (C=O) groups is 3. The maximum Gasteiger partial charge on any atom is 0.306 e. The van der Waals surface area contributed by atoms with Gasteiger partial charge in [-0.25, -0.2) is 0 Å². The normalized spacial score (nSPS) is 12.9. The molecule has 0 aliphatic heterocycles. The number of hydrogen-bond donors (Lipinski definition) is 0. The topological polar surface area (TPSA) is 78.9 Å². The zero-order chi connectivity index (χ0) is 50.7. The minimum atomic E-state index is -0.795. The van der Waals surface area contributed by atoms with E-state index in [2.05, 4.69) is 130 Å². The van der Waals surface area contributed by atoms with Crippen LogP contribution >= 0.6 is 0 Å². The SMILES string of the molecule is CC/C=C\C/C=C\C/C=C\C/C=C\CCCCCCCCCCC(=O)OCC(COC(=O)CCCCCCC/C=C\C/C=C\CCCC)OC(=O)CCCCCCCCC/C=C\C/C=C\C/C=C\CC. The molecule has 0 amide bonds. The van der Waals surface area contributed by atoms with Crippen LogP contribution in [-0.2, 0) is 28.6 Å². The summed E-state index contributed by atoms with van der Waals surface area (Å²) < 4.78 is 16.9. The molecule has 0 heterocycles. The third-order valence-corrected chi connectivity index (χ3v) is 12.0. The highest BCUT2D eigenvalue weighted by molar-refractivity contribution is 5.71. The van der Waals surface area contributed by atoms with E-state index in [9.17, 15) is 14.4 Å². The second kappa shape index (κ2) is 57.6. The molecule has 0 N–H and O–H groups in total. The second-order valence-electron chi connectivity index (χ2n) is 18.8. The number of esters is 3.